The Labute approximate surface area is 146 Å². The van der Waals surface area contributed by atoms with E-state index in [0.29, 0.717) is 13.1 Å². The maximum atomic E-state index is 13.1. The van der Waals surface area contributed by atoms with E-state index in [1.54, 1.807) is 17.5 Å². The van der Waals surface area contributed by atoms with Gasteiger partial charge in [-0.2, -0.15) is 11.3 Å². The number of amides is 1. The Kier molecular flexibility index (Phi) is 4.37. The van der Waals surface area contributed by atoms with Crippen LogP contribution in [0.5, 0.6) is 0 Å². The standard InChI is InChI=1S/C19H22N2O2S/c22-11-15-9-21(10-17(15)14-6-8-24-12-14)19(23)16-5-1-3-13-4-2-7-20-18(13)16/h2,4,6-8,12,15-17,22H,1,3,5,9-11H2/t15-,16?,17-/m0/s1. The van der Waals surface area contributed by atoms with E-state index in [0.717, 1.165) is 25.0 Å². The van der Waals surface area contributed by atoms with E-state index in [1.165, 1.54) is 11.1 Å². The number of nitrogens with zero attached hydrogens (tertiary/aromatic N) is 2. The molecule has 2 aliphatic rings. The van der Waals surface area contributed by atoms with Gasteiger partial charge < -0.3 is 10.0 Å². The van der Waals surface area contributed by atoms with Crippen LogP contribution in [0.25, 0.3) is 0 Å². The lowest BCUT2D eigenvalue weighted by Crippen LogP contribution is -2.35. The highest BCUT2D eigenvalue weighted by atomic mass is 32.1. The molecule has 3 heterocycles. The fourth-order valence-corrected chi connectivity index (χ4v) is 4.89. The van der Waals surface area contributed by atoms with Crippen LogP contribution in [-0.4, -0.2) is 40.6 Å². The minimum atomic E-state index is -0.115. The molecule has 0 radical (unpaired) electrons. The van der Waals surface area contributed by atoms with Crippen molar-refractivity contribution in [3.63, 3.8) is 0 Å². The van der Waals surface area contributed by atoms with Crippen LogP contribution in [0.3, 0.4) is 0 Å². The number of thiophene rings is 1. The van der Waals surface area contributed by atoms with Crippen LogP contribution < -0.4 is 0 Å². The highest BCUT2D eigenvalue weighted by Gasteiger charge is 2.39. The van der Waals surface area contributed by atoms with Gasteiger partial charge in [-0.15, -0.1) is 0 Å². The molecule has 0 aromatic carbocycles. The van der Waals surface area contributed by atoms with Crippen LogP contribution >= 0.6 is 11.3 Å². The van der Waals surface area contributed by atoms with Crippen molar-refractivity contribution in [2.75, 3.05) is 19.7 Å². The average molecular weight is 342 g/mol. The molecule has 5 heteroatoms. The SMILES string of the molecule is O=C(C1CCCc2cccnc21)N1C[C@@H](CO)[C@H](c2ccsc2)C1. The van der Waals surface area contributed by atoms with E-state index in [9.17, 15) is 9.90 Å². The summed E-state index contributed by atoms with van der Waals surface area (Å²) in [5.41, 5.74) is 3.43. The predicted molar refractivity (Wildman–Crippen MR) is 94.1 cm³/mol. The van der Waals surface area contributed by atoms with Crippen molar-refractivity contribution >= 4 is 17.2 Å². The molecule has 4 nitrogen and oxygen atoms in total. The summed E-state index contributed by atoms with van der Waals surface area (Å²) in [6, 6.07) is 6.16. The molecular weight excluding hydrogens is 320 g/mol. The Morgan fingerprint density at radius 1 is 1.38 bits per heavy atom. The third-order valence-electron chi connectivity index (χ3n) is 5.45. The highest BCUT2D eigenvalue weighted by Crippen LogP contribution is 2.37. The Balaban J connectivity index is 1.56. The van der Waals surface area contributed by atoms with Gasteiger partial charge in [-0.25, -0.2) is 0 Å². The molecule has 4 rings (SSSR count). The third-order valence-corrected chi connectivity index (χ3v) is 6.15. The van der Waals surface area contributed by atoms with Gasteiger partial charge in [0.2, 0.25) is 5.91 Å². The maximum Gasteiger partial charge on any atom is 0.231 e. The minimum absolute atomic E-state index is 0.115. The Hall–Kier alpha value is -1.72. The average Bonchev–Trinajstić information content (AvgIpc) is 3.29. The molecule has 126 valence electrons. The monoisotopic (exact) mass is 342 g/mol. The summed E-state index contributed by atoms with van der Waals surface area (Å²) in [6.45, 7) is 1.48. The number of aryl methyl sites for hydroxylation is 1. The lowest BCUT2D eigenvalue weighted by molar-refractivity contribution is -0.132. The van der Waals surface area contributed by atoms with Crippen LogP contribution in [0, 0.1) is 5.92 Å². The van der Waals surface area contributed by atoms with Crippen LogP contribution in [0.1, 0.15) is 41.5 Å². The molecule has 1 N–H and O–H groups in total. The van der Waals surface area contributed by atoms with Crippen molar-refractivity contribution in [1.82, 2.24) is 9.88 Å². The molecule has 0 spiro atoms. The molecular formula is C19H22N2O2S. The van der Waals surface area contributed by atoms with Crippen molar-refractivity contribution in [1.29, 1.82) is 0 Å². The van der Waals surface area contributed by atoms with Crippen molar-refractivity contribution < 1.29 is 9.90 Å². The summed E-state index contributed by atoms with van der Waals surface area (Å²) in [5.74, 6) is 0.452. The molecule has 1 unspecified atom stereocenters. The van der Waals surface area contributed by atoms with E-state index >= 15 is 0 Å². The number of pyridine rings is 1. The maximum absolute atomic E-state index is 13.1. The predicted octanol–water partition coefficient (Wildman–Crippen LogP) is 2.80. The fraction of sp³-hybridized carbons (Fsp3) is 0.474. The molecule has 0 bridgehead atoms. The summed E-state index contributed by atoms with van der Waals surface area (Å²) in [6.07, 6.45) is 4.73. The largest absolute Gasteiger partial charge is 0.396 e. The second-order valence-corrected chi connectivity index (χ2v) is 7.62. The van der Waals surface area contributed by atoms with Gasteiger partial charge in [-0.05, 0) is 53.3 Å². The zero-order valence-corrected chi connectivity index (χ0v) is 14.4. The minimum Gasteiger partial charge on any atom is -0.396 e. The van der Waals surface area contributed by atoms with Gasteiger partial charge in [0.25, 0.3) is 0 Å². The smallest absolute Gasteiger partial charge is 0.231 e. The van der Waals surface area contributed by atoms with E-state index in [-0.39, 0.29) is 30.3 Å². The quantitative estimate of drug-likeness (QED) is 0.933. The second-order valence-electron chi connectivity index (χ2n) is 6.84. The van der Waals surface area contributed by atoms with Crippen LogP contribution in [0.4, 0.5) is 0 Å². The summed E-state index contributed by atoms with van der Waals surface area (Å²) in [5, 5.41) is 14.0. The van der Waals surface area contributed by atoms with Crippen molar-refractivity contribution in [2.24, 2.45) is 5.92 Å². The molecule has 1 aliphatic carbocycles. The van der Waals surface area contributed by atoms with Crippen molar-refractivity contribution in [3.05, 3.63) is 52.0 Å². The first-order chi connectivity index (χ1) is 11.8. The molecule has 1 aliphatic heterocycles. The normalized spacial score (nSPS) is 26.4. The molecule has 3 atom stereocenters. The van der Waals surface area contributed by atoms with E-state index in [4.69, 9.17) is 0 Å². The second kappa shape index (κ2) is 6.65. The number of rotatable bonds is 3. The summed E-state index contributed by atoms with van der Waals surface area (Å²) in [4.78, 5) is 19.6. The first kappa shape index (κ1) is 15.8. The number of aliphatic hydroxyl groups is 1. The number of aliphatic hydroxyl groups excluding tert-OH is 1. The molecule has 1 saturated heterocycles. The van der Waals surface area contributed by atoms with Crippen molar-refractivity contribution in [3.8, 4) is 0 Å². The van der Waals surface area contributed by atoms with Gasteiger partial charge in [0.05, 0.1) is 11.6 Å². The zero-order valence-electron chi connectivity index (χ0n) is 13.6. The highest BCUT2D eigenvalue weighted by molar-refractivity contribution is 7.08. The number of likely N-dealkylation sites (tertiary alicyclic amines) is 1. The third kappa shape index (κ3) is 2.76. The van der Waals surface area contributed by atoms with Crippen molar-refractivity contribution in [2.45, 2.75) is 31.1 Å². The molecule has 1 fully saturated rings. The van der Waals surface area contributed by atoms with Gasteiger partial charge in [0.1, 0.15) is 0 Å². The van der Waals surface area contributed by atoms with Gasteiger partial charge in [0, 0.05) is 37.7 Å². The molecule has 2 aromatic rings. The summed E-state index contributed by atoms with van der Waals surface area (Å²) >= 11 is 1.67. The fourth-order valence-electron chi connectivity index (χ4n) is 4.17. The number of carbonyl (C=O) groups excluding carboxylic acids is 1. The van der Waals surface area contributed by atoms with Gasteiger partial charge in [-0.3, -0.25) is 9.78 Å². The zero-order chi connectivity index (χ0) is 16.5. The first-order valence-electron chi connectivity index (χ1n) is 8.63. The van der Waals surface area contributed by atoms with Crippen LogP contribution in [0.2, 0.25) is 0 Å². The van der Waals surface area contributed by atoms with Gasteiger partial charge in [0.15, 0.2) is 0 Å². The van der Waals surface area contributed by atoms with E-state index < -0.39 is 0 Å². The Bertz CT molecular complexity index is 716. The number of aromatic nitrogens is 1. The number of fused-ring (bicyclic) bond motifs is 1. The summed E-state index contributed by atoms with van der Waals surface area (Å²) in [7, 11) is 0. The number of hydrogen-bond donors (Lipinski definition) is 1. The Morgan fingerprint density at radius 2 is 2.29 bits per heavy atom. The van der Waals surface area contributed by atoms with Crippen LogP contribution in [0.15, 0.2) is 35.2 Å². The van der Waals surface area contributed by atoms with Gasteiger partial charge >= 0.3 is 0 Å². The van der Waals surface area contributed by atoms with Gasteiger partial charge in [-0.1, -0.05) is 6.07 Å². The molecule has 2 aromatic heterocycles. The number of hydrogen-bond acceptors (Lipinski definition) is 4. The van der Waals surface area contributed by atoms with E-state index in [2.05, 4.69) is 27.9 Å². The molecule has 24 heavy (non-hydrogen) atoms. The lowest BCUT2D eigenvalue weighted by Gasteiger charge is -2.27. The van der Waals surface area contributed by atoms with E-state index in [1.807, 2.05) is 11.0 Å². The number of carbonyl (C=O) groups is 1. The molecule has 1 amide bonds. The lowest BCUT2D eigenvalue weighted by atomic mass is 9.86. The summed E-state index contributed by atoms with van der Waals surface area (Å²) < 4.78 is 0. The molecule has 0 saturated carbocycles. The van der Waals surface area contributed by atoms with Crippen LogP contribution in [-0.2, 0) is 11.2 Å². The topological polar surface area (TPSA) is 53.4 Å². The first-order valence-corrected chi connectivity index (χ1v) is 9.57. The Morgan fingerprint density at radius 3 is 3.08 bits per heavy atom.